The Morgan fingerprint density at radius 3 is 1.54 bits per heavy atom. The molecule has 0 fully saturated rings. The van der Waals surface area contributed by atoms with Crippen LogP contribution in [0.4, 0.5) is 0 Å². The fourth-order valence-electron chi connectivity index (χ4n) is 0.473. The van der Waals surface area contributed by atoms with Gasteiger partial charge in [0.15, 0.2) is 0 Å². The van der Waals surface area contributed by atoms with Crippen molar-refractivity contribution in [3.05, 3.63) is 12.2 Å². The van der Waals surface area contributed by atoms with E-state index in [0.717, 1.165) is 5.92 Å². The molecule has 0 heterocycles. The van der Waals surface area contributed by atoms with Crippen LogP contribution >= 0.6 is 0 Å². The summed E-state index contributed by atoms with van der Waals surface area (Å²) in [6.07, 6.45) is 4.16. The predicted molar refractivity (Wildman–Crippen MR) is 60.7 cm³/mol. The molecule has 0 radical (unpaired) electrons. The lowest BCUT2D eigenvalue weighted by Gasteiger charge is -1.99. The molecule has 1 N–H and O–H groups in total. The minimum Gasteiger partial charge on any atom is -0.396 e. The van der Waals surface area contributed by atoms with Gasteiger partial charge in [0, 0.05) is 6.61 Å². The molecule has 0 amide bonds. The molecule has 0 aromatic carbocycles. The van der Waals surface area contributed by atoms with Crippen LogP contribution in [-0.4, -0.2) is 11.7 Å². The van der Waals surface area contributed by atoms with E-state index in [-0.39, 0.29) is 6.61 Å². The Morgan fingerprint density at radius 2 is 1.31 bits per heavy atom. The molecular weight excluding hydrogens is 160 g/mol. The molecule has 13 heavy (non-hydrogen) atoms. The Hall–Kier alpha value is -0.300. The number of hydrogen-bond acceptors (Lipinski definition) is 1. The molecule has 80 valence electrons. The number of allylic oxidation sites excluding steroid dienone is 1. The Labute approximate surface area is 83.9 Å². The summed E-state index contributed by atoms with van der Waals surface area (Å²) in [6, 6.07) is 0. The molecule has 0 spiro atoms. The fraction of sp³-hybridized carbons (Fsp3) is 0.833. The van der Waals surface area contributed by atoms with E-state index in [1.165, 1.54) is 0 Å². The number of hydrogen-bond donors (Lipinski definition) is 1. The molecule has 0 aromatic rings. The highest BCUT2D eigenvalue weighted by Gasteiger charge is 1.91. The standard InChI is InChI=1S/C8H16O.C4H10/c1-7(2)4-5-8(3)6-9;1-4(2)3/h4-5,7-9H,6H2,1-3H3;4H,1-3H3/b5-4+;/t8-;/m0./s1. The minimum atomic E-state index is 0.253. The van der Waals surface area contributed by atoms with E-state index in [9.17, 15) is 0 Å². The van der Waals surface area contributed by atoms with Crippen molar-refractivity contribution in [3.8, 4) is 0 Å². The van der Waals surface area contributed by atoms with Crippen molar-refractivity contribution in [2.45, 2.75) is 41.5 Å². The van der Waals surface area contributed by atoms with Crippen molar-refractivity contribution < 1.29 is 5.11 Å². The quantitative estimate of drug-likeness (QED) is 0.669. The van der Waals surface area contributed by atoms with Crippen molar-refractivity contribution >= 4 is 0 Å². The van der Waals surface area contributed by atoms with Gasteiger partial charge in [-0.3, -0.25) is 0 Å². The van der Waals surface area contributed by atoms with Gasteiger partial charge in [0.1, 0.15) is 0 Å². The fourth-order valence-corrected chi connectivity index (χ4v) is 0.473. The van der Waals surface area contributed by atoms with Crippen molar-refractivity contribution in [1.29, 1.82) is 0 Å². The molecule has 0 saturated carbocycles. The summed E-state index contributed by atoms with van der Waals surface area (Å²) in [5, 5.41) is 8.60. The molecule has 0 bridgehead atoms. The van der Waals surface area contributed by atoms with E-state index in [4.69, 9.17) is 5.11 Å². The van der Waals surface area contributed by atoms with Gasteiger partial charge < -0.3 is 5.11 Å². The molecule has 0 unspecified atom stereocenters. The van der Waals surface area contributed by atoms with E-state index in [0.29, 0.717) is 11.8 Å². The molecule has 1 heteroatoms. The monoisotopic (exact) mass is 186 g/mol. The summed E-state index contributed by atoms with van der Waals surface area (Å²) >= 11 is 0. The first-order chi connectivity index (χ1) is 5.90. The van der Waals surface area contributed by atoms with Crippen LogP contribution in [0.5, 0.6) is 0 Å². The van der Waals surface area contributed by atoms with Crippen molar-refractivity contribution in [2.24, 2.45) is 17.8 Å². The average molecular weight is 186 g/mol. The molecule has 0 aliphatic carbocycles. The van der Waals surface area contributed by atoms with Gasteiger partial charge in [-0.05, 0) is 17.8 Å². The largest absolute Gasteiger partial charge is 0.396 e. The summed E-state index contributed by atoms with van der Waals surface area (Å²) in [4.78, 5) is 0. The molecule has 0 aliphatic rings. The van der Waals surface area contributed by atoms with Crippen LogP contribution in [0.3, 0.4) is 0 Å². The van der Waals surface area contributed by atoms with E-state index in [1.54, 1.807) is 0 Å². The van der Waals surface area contributed by atoms with Crippen molar-refractivity contribution in [3.63, 3.8) is 0 Å². The topological polar surface area (TPSA) is 20.2 Å². The van der Waals surface area contributed by atoms with E-state index in [1.807, 2.05) is 13.0 Å². The van der Waals surface area contributed by atoms with Gasteiger partial charge in [0.05, 0.1) is 0 Å². The highest BCUT2D eigenvalue weighted by atomic mass is 16.3. The van der Waals surface area contributed by atoms with Crippen molar-refractivity contribution in [2.75, 3.05) is 6.61 Å². The second-order valence-electron chi connectivity index (χ2n) is 4.52. The lowest BCUT2D eigenvalue weighted by atomic mass is 10.1. The molecule has 0 rings (SSSR count). The first-order valence-corrected chi connectivity index (χ1v) is 5.19. The lowest BCUT2D eigenvalue weighted by molar-refractivity contribution is 0.261. The van der Waals surface area contributed by atoms with Crippen LogP contribution < -0.4 is 0 Å². The highest BCUT2D eigenvalue weighted by Crippen LogP contribution is 1.99. The van der Waals surface area contributed by atoms with Crippen molar-refractivity contribution in [1.82, 2.24) is 0 Å². The third kappa shape index (κ3) is 24.5. The Bertz CT molecular complexity index is 112. The zero-order valence-corrected chi connectivity index (χ0v) is 10.0. The maximum atomic E-state index is 8.60. The van der Waals surface area contributed by atoms with Gasteiger partial charge >= 0.3 is 0 Å². The summed E-state index contributed by atoms with van der Waals surface area (Å²) in [5.41, 5.74) is 0. The second-order valence-corrected chi connectivity index (χ2v) is 4.52. The maximum absolute atomic E-state index is 8.60. The smallest absolute Gasteiger partial charge is 0.0491 e. The average Bonchev–Trinajstić information content (AvgIpc) is 1.99. The zero-order valence-electron chi connectivity index (χ0n) is 10.0. The third-order valence-electron chi connectivity index (χ3n) is 1.11. The van der Waals surface area contributed by atoms with Gasteiger partial charge in [0.2, 0.25) is 0 Å². The molecule has 0 saturated heterocycles. The molecule has 0 aromatic heterocycles. The minimum absolute atomic E-state index is 0.253. The highest BCUT2D eigenvalue weighted by molar-refractivity contribution is 4.88. The molecule has 0 aliphatic heterocycles. The zero-order chi connectivity index (χ0) is 10.9. The summed E-state index contributed by atoms with van der Waals surface area (Å²) < 4.78 is 0. The van der Waals surface area contributed by atoms with Gasteiger partial charge in [-0.15, -0.1) is 0 Å². The number of rotatable bonds is 3. The molecular formula is C12H26O. The van der Waals surface area contributed by atoms with Crippen LogP contribution in [0.25, 0.3) is 0 Å². The Balaban J connectivity index is 0. The van der Waals surface area contributed by atoms with Gasteiger partial charge in [0.25, 0.3) is 0 Å². The molecule has 1 atom stereocenters. The summed E-state index contributed by atoms with van der Waals surface area (Å²) in [6.45, 7) is 13.0. The Kier molecular flexibility index (Phi) is 11.4. The third-order valence-corrected chi connectivity index (χ3v) is 1.11. The van der Waals surface area contributed by atoms with Crippen LogP contribution in [-0.2, 0) is 0 Å². The summed E-state index contributed by atoms with van der Waals surface area (Å²) in [7, 11) is 0. The molecule has 1 nitrogen and oxygen atoms in total. The maximum Gasteiger partial charge on any atom is 0.0491 e. The van der Waals surface area contributed by atoms with Gasteiger partial charge in [-0.1, -0.05) is 53.7 Å². The van der Waals surface area contributed by atoms with E-state index in [2.05, 4.69) is 40.7 Å². The van der Waals surface area contributed by atoms with Crippen LogP contribution in [0, 0.1) is 17.8 Å². The number of aliphatic hydroxyl groups is 1. The predicted octanol–water partition coefficient (Wildman–Crippen LogP) is 3.49. The van der Waals surface area contributed by atoms with E-state index < -0.39 is 0 Å². The van der Waals surface area contributed by atoms with Crippen LogP contribution in [0.1, 0.15) is 41.5 Å². The first-order valence-electron chi connectivity index (χ1n) is 5.19. The second kappa shape index (κ2) is 9.79. The van der Waals surface area contributed by atoms with Crippen LogP contribution in [0.2, 0.25) is 0 Å². The normalized spacial score (nSPS) is 13.3. The van der Waals surface area contributed by atoms with Crippen LogP contribution in [0.15, 0.2) is 12.2 Å². The lowest BCUT2D eigenvalue weighted by Crippen LogP contribution is -1.95. The van der Waals surface area contributed by atoms with Gasteiger partial charge in [-0.2, -0.15) is 0 Å². The first kappa shape index (κ1) is 15.2. The number of aliphatic hydroxyl groups excluding tert-OH is 1. The van der Waals surface area contributed by atoms with Gasteiger partial charge in [-0.25, -0.2) is 0 Å². The Morgan fingerprint density at radius 1 is 0.923 bits per heavy atom. The SMILES string of the molecule is CC(C)/C=C/[C@H](C)CO.CC(C)C. The van der Waals surface area contributed by atoms with E-state index >= 15 is 0 Å². The summed E-state index contributed by atoms with van der Waals surface area (Å²) in [5.74, 6) is 1.74.